The van der Waals surface area contributed by atoms with E-state index in [4.69, 9.17) is 14.7 Å². The molecule has 1 aliphatic heterocycles. The third-order valence-corrected chi connectivity index (χ3v) is 2.07. The highest BCUT2D eigenvalue weighted by atomic mass is 16.7. The second-order valence-corrected chi connectivity index (χ2v) is 2.94. The van der Waals surface area contributed by atoms with Crippen molar-refractivity contribution in [3.05, 3.63) is 23.3 Å². The lowest BCUT2D eigenvalue weighted by molar-refractivity contribution is 0.155. The highest BCUT2D eigenvalue weighted by molar-refractivity contribution is 5.52. The van der Waals surface area contributed by atoms with E-state index < -0.39 is 0 Å². The van der Waals surface area contributed by atoms with Crippen molar-refractivity contribution in [1.82, 2.24) is 5.48 Å². The zero-order chi connectivity index (χ0) is 9.26. The van der Waals surface area contributed by atoms with Gasteiger partial charge in [-0.25, -0.2) is 5.48 Å². The molecule has 0 fully saturated rings. The molecule has 0 amide bonds. The summed E-state index contributed by atoms with van der Waals surface area (Å²) in [6.07, 6.45) is 0. The summed E-state index contributed by atoms with van der Waals surface area (Å²) < 4.78 is 10.6. The molecule has 0 aliphatic carbocycles. The first kappa shape index (κ1) is 8.34. The zero-order valence-corrected chi connectivity index (χ0v) is 7.33. The molecule has 2 rings (SSSR count). The van der Waals surface area contributed by atoms with Crippen LogP contribution in [0, 0.1) is 6.92 Å². The summed E-state index contributed by atoms with van der Waals surface area (Å²) in [5, 5.41) is 8.57. The van der Waals surface area contributed by atoms with Gasteiger partial charge >= 0.3 is 0 Å². The average molecular weight is 181 g/mol. The second-order valence-electron chi connectivity index (χ2n) is 2.94. The number of hydroxylamine groups is 1. The van der Waals surface area contributed by atoms with E-state index in [9.17, 15) is 0 Å². The van der Waals surface area contributed by atoms with Gasteiger partial charge in [-0.3, -0.25) is 0 Å². The summed E-state index contributed by atoms with van der Waals surface area (Å²) in [6.45, 7) is 2.59. The Bertz CT molecular complexity index is 325. The Kier molecular flexibility index (Phi) is 2.08. The van der Waals surface area contributed by atoms with Gasteiger partial charge in [0.2, 0.25) is 6.79 Å². The van der Waals surface area contributed by atoms with Gasteiger partial charge in [-0.1, -0.05) is 12.1 Å². The molecule has 0 saturated heterocycles. The van der Waals surface area contributed by atoms with Gasteiger partial charge in [0.15, 0.2) is 11.5 Å². The maximum Gasteiger partial charge on any atom is 0.231 e. The second kappa shape index (κ2) is 3.24. The van der Waals surface area contributed by atoms with Gasteiger partial charge in [0, 0.05) is 12.1 Å². The zero-order valence-electron chi connectivity index (χ0n) is 7.33. The number of rotatable bonds is 2. The molecule has 0 saturated carbocycles. The minimum absolute atomic E-state index is 0.263. The largest absolute Gasteiger partial charge is 0.453 e. The molecule has 0 aromatic heterocycles. The predicted molar refractivity (Wildman–Crippen MR) is 45.9 cm³/mol. The van der Waals surface area contributed by atoms with Crippen LogP contribution in [0.1, 0.15) is 11.1 Å². The van der Waals surface area contributed by atoms with Crippen molar-refractivity contribution in [3.8, 4) is 11.5 Å². The molecular weight excluding hydrogens is 170 g/mol. The Morgan fingerprint density at radius 1 is 1.38 bits per heavy atom. The van der Waals surface area contributed by atoms with E-state index in [2.05, 4.69) is 5.48 Å². The van der Waals surface area contributed by atoms with Crippen molar-refractivity contribution < 1.29 is 14.7 Å². The van der Waals surface area contributed by atoms with Crippen molar-refractivity contribution in [2.24, 2.45) is 0 Å². The molecule has 4 nitrogen and oxygen atoms in total. The van der Waals surface area contributed by atoms with Gasteiger partial charge in [-0.15, -0.1) is 0 Å². The lowest BCUT2D eigenvalue weighted by atomic mass is 10.1. The van der Waals surface area contributed by atoms with Crippen molar-refractivity contribution >= 4 is 0 Å². The van der Waals surface area contributed by atoms with Crippen LogP contribution in [0.15, 0.2) is 12.1 Å². The minimum atomic E-state index is 0.263. The first-order chi connectivity index (χ1) is 6.33. The van der Waals surface area contributed by atoms with Gasteiger partial charge in [0.25, 0.3) is 0 Å². The van der Waals surface area contributed by atoms with E-state index in [0.29, 0.717) is 6.54 Å². The van der Waals surface area contributed by atoms with Gasteiger partial charge in [-0.05, 0) is 12.5 Å². The van der Waals surface area contributed by atoms with E-state index in [1.165, 1.54) is 0 Å². The van der Waals surface area contributed by atoms with E-state index in [1.807, 2.05) is 19.1 Å². The fourth-order valence-corrected chi connectivity index (χ4v) is 1.41. The first-order valence-electron chi connectivity index (χ1n) is 4.08. The number of benzene rings is 1. The maximum absolute atomic E-state index is 8.57. The molecule has 0 unspecified atom stereocenters. The maximum atomic E-state index is 8.57. The van der Waals surface area contributed by atoms with E-state index >= 15 is 0 Å². The smallest absolute Gasteiger partial charge is 0.231 e. The lowest BCUT2D eigenvalue weighted by Crippen LogP contribution is -2.06. The number of fused-ring (bicyclic) bond motifs is 1. The van der Waals surface area contributed by atoms with E-state index in [0.717, 1.165) is 22.6 Å². The summed E-state index contributed by atoms with van der Waals surface area (Å²) in [4.78, 5) is 0. The summed E-state index contributed by atoms with van der Waals surface area (Å²) >= 11 is 0. The summed E-state index contributed by atoms with van der Waals surface area (Å²) in [6, 6.07) is 3.85. The van der Waals surface area contributed by atoms with Gasteiger partial charge in [0.1, 0.15) is 0 Å². The Balaban J connectivity index is 2.43. The van der Waals surface area contributed by atoms with Crippen LogP contribution in [0.2, 0.25) is 0 Å². The molecule has 1 heterocycles. The third-order valence-electron chi connectivity index (χ3n) is 2.07. The molecular formula is C9H11NO3. The summed E-state index contributed by atoms with van der Waals surface area (Å²) in [7, 11) is 0. The molecule has 1 aromatic carbocycles. The lowest BCUT2D eigenvalue weighted by Gasteiger charge is -2.05. The van der Waals surface area contributed by atoms with Crippen LogP contribution in [-0.2, 0) is 6.54 Å². The minimum Gasteiger partial charge on any atom is -0.453 e. The third kappa shape index (κ3) is 1.34. The number of nitrogens with one attached hydrogen (secondary N) is 1. The molecule has 4 heteroatoms. The molecule has 70 valence electrons. The number of hydrogen-bond donors (Lipinski definition) is 2. The highest BCUT2D eigenvalue weighted by Crippen LogP contribution is 2.38. The van der Waals surface area contributed by atoms with Crippen LogP contribution >= 0.6 is 0 Å². The quantitative estimate of drug-likeness (QED) is 0.673. The van der Waals surface area contributed by atoms with Crippen LogP contribution in [0.3, 0.4) is 0 Å². The number of aryl methyl sites for hydroxylation is 1. The van der Waals surface area contributed by atoms with E-state index in [1.54, 1.807) is 0 Å². The Morgan fingerprint density at radius 3 is 2.92 bits per heavy atom. The molecule has 2 N–H and O–H groups in total. The fraction of sp³-hybridized carbons (Fsp3) is 0.333. The Hall–Kier alpha value is -1.26. The fourth-order valence-electron chi connectivity index (χ4n) is 1.41. The molecule has 13 heavy (non-hydrogen) atoms. The predicted octanol–water partition coefficient (Wildman–Crippen LogP) is 1.20. The number of ether oxygens (including phenoxy) is 2. The van der Waals surface area contributed by atoms with Crippen LogP contribution in [0.4, 0.5) is 0 Å². The monoisotopic (exact) mass is 181 g/mol. The molecule has 1 aromatic rings. The van der Waals surface area contributed by atoms with Crippen LogP contribution in [0.25, 0.3) is 0 Å². The van der Waals surface area contributed by atoms with Crippen molar-refractivity contribution in [1.29, 1.82) is 0 Å². The van der Waals surface area contributed by atoms with Crippen LogP contribution in [0.5, 0.6) is 11.5 Å². The average Bonchev–Trinajstić information content (AvgIpc) is 2.59. The normalized spacial score (nSPS) is 13.4. The molecule has 0 atom stereocenters. The van der Waals surface area contributed by atoms with Crippen molar-refractivity contribution in [2.75, 3.05) is 6.79 Å². The van der Waals surface area contributed by atoms with E-state index in [-0.39, 0.29) is 6.79 Å². The Labute approximate surface area is 76.0 Å². The molecule has 1 aliphatic rings. The first-order valence-corrected chi connectivity index (χ1v) is 4.08. The summed E-state index contributed by atoms with van der Waals surface area (Å²) in [5.41, 5.74) is 4.05. The van der Waals surface area contributed by atoms with Gasteiger partial charge in [-0.2, -0.15) is 0 Å². The molecule has 0 radical (unpaired) electrons. The van der Waals surface area contributed by atoms with Gasteiger partial charge in [0.05, 0.1) is 0 Å². The van der Waals surface area contributed by atoms with Crippen molar-refractivity contribution in [3.63, 3.8) is 0 Å². The molecule has 0 bridgehead atoms. The SMILES string of the molecule is Cc1ccc(CNO)c2c1OCO2. The van der Waals surface area contributed by atoms with Gasteiger partial charge < -0.3 is 14.7 Å². The topological polar surface area (TPSA) is 50.7 Å². The van der Waals surface area contributed by atoms with Crippen LogP contribution < -0.4 is 15.0 Å². The summed E-state index contributed by atoms with van der Waals surface area (Å²) in [5.74, 6) is 1.52. The van der Waals surface area contributed by atoms with Crippen molar-refractivity contribution in [2.45, 2.75) is 13.5 Å². The Morgan fingerprint density at radius 2 is 2.15 bits per heavy atom. The molecule has 0 spiro atoms. The highest BCUT2D eigenvalue weighted by Gasteiger charge is 2.19. The van der Waals surface area contributed by atoms with Crippen LogP contribution in [-0.4, -0.2) is 12.0 Å². The number of hydrogen-bond acceptors (Lipinski definition) is 4. The standard InChI is InChI=1S/C9H11NO3/c1-6-2-3-7(4-10-11)9-8(6)12-5-13-9/h2-3,10-11H,4-5H2,1H3.